The van der Waals surface area contributed by atoms with Crippen LogP contribution >= 0.6 is 11.3 Å². The summed E-state index contributed by atoms with van der Waals surface area (Å²) in [6, 6.07) is 5.47. The molecule has 2 aromatic heterocycles. The van der Waals surface area contributed by atoms with Crippen molar-refractivity contribution in [2.24, 2.45) is 5.84 Å². The smallest absolute Gasteiger partial charge is 0.275 e. The Morgan fingerprint density at radius 3 is 3.06 bits per heavy atom. The van der Waals surface area contributed by atoms with Crippen LogP contribution < -0.4 is 11.3 Å². The molecule has 0 aliphatic heterocycles. The van der Waals surface area contributed by atoms with Gasteiger partial charge in [0.1, 0.15) is 12.4 Å². The second-order valence-electron chi connectivity index (χ2n) is 3.74. The number of amides is 1. The number of hydrogen-bond donors (Lipinski definition) is 2. The average molecular weight is 266 g/mol. The summed E-state index contributed by atoms with van der Waals surface area (Å²) >= 11 is 1.40. The Balaban J connectivity index is 1.93. The molecule has 0 aliphatic carbocycles. The summed E-state index contributed by atoms with van der Waals surface area (Å²) in [5.74, 6) is 5.59. The molecule has 2 heterocycles. The lowest BCUT2D eigenvalue weighted by molar-refractivity contribution is 0.0924. The van der Waals surface area contributed by atoms with E-state index in [0.29, 0.717) is 18.1 Å². The summed E-state index contributed by atoms with van der Waals surface area (Å²) in [5.41, 5.74) is 3.11. The molecule has 0 fully saturated rings. The summed E-state index contributed by atoms with van der Waals surface area (Å²) in [6.07, 6.45) is 1.61. The molecule has 6 heteroatoms. The van der Waals surface area contributed by atoms with Crippen molar-refractivity contribution in [3.63, 3.8) is 0 Å². The first-order valence-corrected chi connectivity index (χ1v) is 6.22. The van der Waals surface area contributed by atoms with Gasteiger partial charge in [-0.3, -0.25) is 10.2 Å². The monoisotopic (exact) mass is 266 g/mol. The normalized spacial score (nSPS) is 10.6. The van der Waals surface area contributed by atoms with E-state index >= 15 is 0 Å². The Morgan fingerprint density at radius 2 is 2.39 bits per heavy atom. The van der Waals surface area contributed by atoms with E-state index in [1.807, 2.05) is 19.1 Å². The quantitative estimate of drug-likeness (QED) is 0.493. The standard InChI is InChI=1S/C12H14N2O3S/c1-8-9(5-11(18-8)12(15)14-13)6-16-7-10-3-2-4-17-10/h2-5H,6-7,13H2,1H3,(H,14,15). The van der Waals surface area contributed by atoms with Crippen LogP contribution in [-0.4, -0.2) is 5.91 Å². The van der Waals surface area contributed by atoms with Gasteiger partial charge >= 0.3 is 0 Å². The van der Waals surface area contributed by atoms with Crippen LogP contribution in [0.3, 0.4) is 0 Å². The van der Waals surface area contributed by atoms with E-state index in [2.05, 4.69) is 5.43 Å². The summed E-state index contributed by atoms with van der Waals surface area (Å²) in [5, 5.41) is 0. The zero-order valence-electron chi connectivity index (χ0n) is 9.93. The van der Waals surface area contributed by atoms with Gasteiger partial charge in [-0.05, 0) is 30.7 Å². The first-order chi connectivity index (χ1) is 8.70. The molecule has 2 rings (SSSR count). The second kappa shape index (κ2) is 5.81. The molecule has 0 aromatic carbocycles. The fourth-order valence-electron chi connectivity index (χ4n) is 1.50. The highest BCUT2D eigenvalue weighted by Crippen LogP contribution is 2.22. The summed E-state index contributed by atoms with van der Waals surface area (Å²) in [4.78, 5) is 13.0. The molecular weight excluding hydrogens is 252 g/mol. The number of nitrogens with one attached hydrogen (secondary N) is 1. The van der Waals surface area contributed by atoms with Crippen LogP contribution in [0.1, 0.15) is 25.9 Å². The predicted octanol–water partition coefficient (Wildman–Crippen LogP) is 1.97. The van der Waals surface area contributed by atoms with Crippen molar-refractivity contribution in [2.45, 2.75) is 20.1 Å². The maximum absolute atomic E-state index is 11.4. The highest BCUT2D eigenvalue weighted by molar-refractivity contribution is 7.14. The molecule has 2 aromatic rings. The van der Waals surface area contributed by atoms with Gasteiger partial charge < -0.3 is 9.15 Å². The Bertz CT molecular complexity index is 519. The molecule has 0 radical (unpaired) electrons. The van der Waals surface area contributed by atoms with Crippen LogP contribution in [-0.2, 0) is 18.0 Å². The van der Waals surface area contributed by atoms with Crippen molar-refractivity contribution in [1.29, 1.82) is 0 Å². The third-order valence-electron chi connectivity index (χ3n) is 2.46. The number of rotatable bonds is 5. The average Bonchev–Trinajstić information content (AvgIpc) is 2.99. The lowest BCUT2D eigenvalue weighted by Crippen LogP contribution is -2.29. The van der Waals surface area contributed by atoms with Gasteiger partial charge in [0.05, 0.1) is 17.7 Å². The van der Waals surface area contributed by atoms with Crippen molar-refractivity contribution in [3.05, 3.63) is 45.5 Å². The van der Waals surface area contributed by atoms with Crippen LogP contribution in [0, 0.1) is 6.92 Å². The molecule has 3 N–H and O–H groups in total. The molecule has 0 saturated heterocycles. The minimum Gasteiger partial charge on any atom is -0.467 e. The van der Waals surface area contributed by atoms with Crippen molar-refractivity contribution in [1.82, 2.24) is 5.43 Å². The van der Waals surface area contributed by atoms with Crippen molar-refractivity contribution in [2.75, 3.05) is 0 Å². The van der Waals surface area contributed by atoms with Gasteiger partial charge in [0, 0.05) is 4.88 Å². The number of hydrogen-bond acceptors (Lipinski definition) is 5. The SMILES string of the molecule is Cc1sc(C(=O)NN)cc1COCc1ccco1. The van der Waals surface area contributed by atoms with Gasteiger partial charge in [0.15, 0.2) is 0 Å². The lowest BCUT2D eigenvalue weighted by atomic mass is 10.2. The van der Waals surface area contributed by atoms with E-state index in [1.54, 1.807) is 12.3 Å². The van der Waals surface area contributed by atoms with Gasteiger partial charge in [-0.15, -0.1) is 11.3 Å². The van der Waals surface area contributed by atoms with Gasteiger partial charge in [-0.2, -0.15) is 0 Å². The van der Waals surface area contributed by atoms with Gasteiger partial charge in [-0.1, -0.05) is 0 Å². The van der Waals surface area contributed by atoms with Gasteiger partial charge in [-0.25, -0.2) is 5.84 Å². The molecule has 0 bridgehead atoms. The number of carbonyl (C=O) groups is 1. The number of aryl methyl sites for hydroxylation is 1. The number of nitrogen functional groups attached to an aromatic ring is 1. The van der Waals surface area contributed by atoms with Crippen molar-refractivity contribution >= 4 is 17.2 Å². The number of nitrogens with two attached hydrogens (primary N) is 1. The molecule has 0 atom stereocenters. The number of furan rings is 1. The first kappa shape index (κ1) is 12.8. The zero-order chi connectivity index (χ0) is 13.0. The molecule has 5 nitrogen and oxygen atoms in total. The minimum atomic E-state index is -0.277. The third-order valence-corrected chi connectivity index (χ3v) is 3.55. The molecule has 0 aliphatic rings. The maximum Gasteiger partial charge on any atom is 0.275 e. The number of carbonyl (C=O) groups excluding carboxylic acids is 1. The zero-order valence-corrected chi connectivity index (χ0v) is 10.8. The predicted molar refractivity (Wildman–Crippen MR) is 67.9 cm³/mol. The first-order valence-electron chi connectivity index (χ1n) is 5.41. The van der Waals surface area contributed by atoms with Gasteiger partial charge in [0.25, 0.3) is 5.91 Å². The summed E-state index contributed by atoms with van der Waals surface area (Å²) in [6.45, 7) is 2.81. The van der Waals surface area contributed by atoms with E-state index in [1.165, 1.54) is 11.3 Å². The summed E-state index contributed by atoms with van der Waals surface area (Å²) in [7, 11) is 0. The van der Waals surface area contributed by atoms with Crippen LogP contribution in [0.15, 0.2) is 28.9 Å². The number of thiophene rings is 1. The van der Waals surface area contributed by atoms with E-state index in [9.17, 15) is 4.79 Å². The second-order valence-corrected chi connectivity index (χ2v) is 4.99. The molecule has 0 saturated carbocycles. The van der Waals surface area contributed by atoms with E-state index in [4.69, 9.17) is 15.0 Å². The molecule has 1 amide bonds. The Kier molecular flexibility index (Phi) is 4.14. The third kappa shape index (κ3) is 2.98. The van der Waals surface area contributed by atoms with Crippen LogP contribution in [0.2, 0.25) is 0 Å². The fraction of sp³-hybridized carbons (Fsp3) is 0.250. The maximum atomic E-state index is 11.4. The largest absolute Gasteiger partial charge is 0.467 e. The molecule has 0 unspecified atom stereocenters. The lowest BCUT2D eigenvalue weighted by Gasteiger charge is -2.01. The topological polar surface area (TPSA) is 77.5 Å². The fourth-order valence-corrected chi connectivity index (χ4v) is 2.43. The highest BCUT2D eigenvalue weighted by Gasteiger charge is 2.11. The van der Waals surface area contributed by atoms with Gasteiger partial charge in [0.2, 0.25) is 0 Å². The Morgan fingerprint density at radius 1 is 1.56 bits per heavy atom. The number of ether oxygens (including phenoxy) is 1. The van der Waals surface area contributed by atoms with Crippen LogP contribution in [0.25, 0.3) is 0 Å². The van der Waals surface area contributed by atoms with Crippen molar-refractivity contribution < 1.29 is 13.9 Å². The van der Waals surface area contributed by atoms with Crippen molar-refractivity contribution in [3.8, 4) is 0 Å². The molecule has 18 heavy (non-hydrogen) atoms. The van der Waals surface area contributed by atoms with E-state index in [-0.39, 0.29) is 5.91 Å². The Labute approximate surface area is 109 Å². The number of hydrazine groups is 1. The van der Waals surface area contributed by atoms with Crippen LogP contribution in [0.4, 0.5) is 0 Å². The Hall–Kier alpha value is -1.63. The van der Waals surface area contributed by atoms with E-state index in [0.717, 1.165) is 16.2 Å². The molecular formula is C12H14N2O3S. The summed E-state index contributed by atoms with van der Waals surface area (Å²) < 4.78 is 10.7. The van der Waals surface area contributed by atoms with Crippen LogP contribution in [0.5, 0.6) is 0 Å². The van der Waals surface area contributed by atoms with E-state index < -0.39 is 0 Å². The minimum absolute atomic E-state index is 0.277. The molecule has 0 spiro atoms. The highest BCUT2D eigenvalue weighted by atomic mass is 32.1. The molecule has 96 valence electrons.